The summed E-state index contributed by atoms with van der Waals surface area (Å²) < 4.78 is 16.1. The van der Waals surface area contributed by atoms with Crippen LogP contribution in [0.25, 0.3) is 0 Å². The molecule has 9 heteroatoms. The van der Waals surface area contributed by atoms with E-state index in [0.29, 0.717) is 41.1 Å². The lowest BCUT2D eigenvalue weighted by Crippen LogP contribution is -2.37. The second-order valence-corrected chi connectivity index (χ2v) is 8.87. The van der Waals surface area contributed by atoms with Crippen molar-refractivity contribution in [2.45, 2.75) is 25.6 Å². The summed E-state index contributed by atoms with van der Waals surface area (Å²) in [4.78, 5) is 29.9. The number of benzene rings is 3. The maximum absolute atomic E-state index is 13.5. The lowest BCUT2D eigenvalue weighted by Gasteiger charge is -2.24. The topological polar surface area (TPSA) is 80.3 Å². The quantitative estimate of drug-likeness (QED) is 0.466. The number of nitrogens with zero attached hydrogens (tertiary/aromatic N) is 2. The molecule has 8 nitrogen and oxygen atoms in total. The Morgan fingerprint density at radius 2 is 1.75 bits per heavy atom. The summed E-state index contributed by atoms with van der Waals surface area (Å²) in [6.45, 7) is 0.873. The van der Waals surface area contributed by atoms with Crippen LogP contribution in [0.2, 0.25) is 0 Å². The van der Waals surface area contributed by atoms with Crippen molar-refractivity contribution in [2.75, 3.05) is 19.2 Å². The number of hydrogen-bond acceptors (Lipinski definition) is 6. The number of ether oxygens (including phenoxy) is 3. The number of anilines is 1. The Kier molecular flexibility index (Phi) is 6.73. The molecule has 1 N–H and O–H groups in total. The predicted molar refractivity (Wildman–Crippen MR) is 138 cm³/mol. The first-order chi connectivity index (χ1) is 17.5. The summed E-state index contributed by atoms with van der Waals surface area (Å²) in [6, 6.07) is 21.6. The van der Waals surface area contributed by atoms with E-state index in [1.165, 1.54) is 0 Å². The molecule has 3 aromatic carbocycles. The number of thiocarbonyl (C=S) groups is 1. The van der Waals surface area contributed by atoms with Gasteiger partial charge in [-0.05, 0) is 59.7 Å². The molecular formula is C27H25N3O5S. The lowest BCUT2D eigenvalue weighted by atomic mass is 10.1. The van der Waals surface area contributed by atoms with Gasteiger partial charge in [-0.1, -0.05) is 36.4 Å². The monoisotopic (exact) mass is 503 g/mol. The summed E-state index contributed by atoms with van der Waals surface area (Å²) in [5.41, 5.74) is 2.48. The molecule has 0 radical (unpaired) electrons. The van der Waals surface area contributed by atoms with Crippen molar-refractivity contribution >= 4 is 34.8 Å². The van der Waals surface area contributed by atoms with E-state index in [2.05, 4.69) is 5.32 Å². The van der Waals surface area contributed by atoms with E-state index in [9.17, 15) is 9.59 Å². The first kappa shape index (κ1) is 23.6. The smallest absolute Gasteiger partial charge is 0.252 e. The van der Waals surface area contributed by atoms with Crippen LogP contribution in [0.3, 0.4) is 0 Å². The Balaban J connectivity index is 1.36. The Labute approximate surface area is 214 Å². The van der Waals surface area contributed by atoms with Crippen LogP contribution in [0.4, 0.5) is 5.69 Å². The maximum Gasteiger partial charge on any atom is 0.252 e. The highest BCUT2D eigenvalue weighted by molar-refractivity contribution is 7.80. The van der Waals surface area contributed by atoms with E-state index in [4.69, 9.17) is 26.4 Å². The molecule has 1 unspecified atom stereocenters. The van der Waals surface area contributed by atoms with Crippen molar-refractivity contribution in [1.29, 1.82) is 0 Å². The highest BCUT2D eigenvalue weighted by Gasteiger charge is 2.43. The van der Waals surface area contributed by atoms with Gasteiger partial charge in [-0.25, -0.2) is 0 Å². The van der Waals surface area contributed by atoms with E-state index in [1.54, 1.807) is 36.3 Å². The van der Waals surface area contributed by atoms with Crippen molar-refractivity contribution in [2.24, 2.45) is 0 Å². The molecule has 2 aliphatic rings. The number of nitrogens with one attached hydrogen (secondary N) is 1. The van der Waals surface area contributed by atoms with Gasteiger partial charge in [0.1, 0.15) is 11.8 Å². The first-order valence-electron chi connectivity index (χ1n) is 11.5. The molecule has 0 saturated carbocycles. The summed E-state index contributed by atoms with van der Waals surface area (Å²) in [6.07, 6.45) is -0.0408. The summed E-state index contributed by atoms with van der Waals surface area (Å²) in [5, 5.41) is 3.26. The highest BCUT2D eigenvalue weighted by atomic mass is 32.1. The molecule has 0 spiro atoms. The molecule has 1 saturated heterocycles. The molecule has 184 valence electrons. The van der Waals surface area contributed by atoms with E-state index < -0.39 is 6.04 Å². The standard InChI is InChI=1S/C27H25N3O5S/c1-33-21-10-8-20(9-11-21)28-25(31)14-22-26(32)30(15-18-5-3-2-4-6-18)27(36)29(22)16-19-7-12-23-24(13-19)35-17-34-23/h2-13,22H,14-17H2,1H3,(H,28,31). The van der Waals surface area contributed by atoms with Gasteiger partial charge >= 0.3 is 0 Å². The second kappa shape index (κ2) is 10.2. The van der Waals surface area contributed by atoms with Gasteiger partial charge in [-0.3, -0.25) is 14.5 Å². The minimum atomic E-state index is -0.732. The maximum atomic E-state index is 13.5. The number of hydrogen-bond donors (Lipinski definition) is 1. The highest BCUT2D eigenvalue weighted by Crippen LogP contribution is 2.34. The van der Waals surface area contributed by atoms with Gasteiger partial charge in [-0.15, -0.1) is 0 Å². The SMILES string of the molecule is COc1ccc(NC(=O)CC2C(=O)N(Cc3ccccc3)C(=S)N2Cc2ccc3c(c2)OCO3)cc1. The molecule has 1 atom stereocenters. The van der Waals surface area contributed by atoms with Crippen LogP contribution in [0, 0.1) is 0 Å². The predicted octanol–water partition coefficient (Wildman–Crippen LogP) is 3.95. The zero-order valence-corrected chi connectivity index (χ0v) is 20.5. The fourth-order valence-electron chi connectivity index (χ4n) is 4.28. The van der Waals surface area contributed by atoms with Gasteiger partial charge in [-0.2, -0.15) is 0 Å². The van der Waals surface area contributed by atoms with Crippen LogP contribution in [0.5, 0.6) is 17.2 Å². The summed E-state index contributed by atoms with van der Waals surface area (Å²) >= 11 is 5.75. The van der Waals surface area contributed by atoms with E-state index in [1.807, 2.05) is 53.4 Å². The number of amides is 2. The van der Waals surface area contributed by atoms with Crippen molar-refractivity contribution in [3.8, 4) is 17.2 Å². The average molecular weight is 504 g/mol. The third-order valence-electron chi connectivity index (χ3n) is 6.13. The number of carbonyl (C=O) groups excluding carboxylic acids is 2. The van der Waals surface area contributed by atoms with Gasteiger partial charge in [0.15, 0.2) is 16.6 Å². The molecule has 0 aliphatic carbocycles. The van der Waals surface area contributed by atoms with Crippen LogP contribution >= 0.6 is 12.2 Å². The minimum Gasteiger partial charge on any atom is -0.497 e. The normalized spacial score (nSPS) is 16.4. The number of carbonyl (C=O) groups is 2. The van der Waals surface area contributed by atoms with Gasteiger partial charge in [0, 0.05) is 12.2 Å². The molecule has 2 amide bonds. The Morgan fingerprint density at radius 3 is 2.50 bits per heavy atom. The van der Waals surface area contributed by atoms with Gasteiger partial charge < -0.3 is 24.4 Å². The van der Waals surface area contributed by atoms with Crippen LogP contribution in [0.1, 0.15) is 17.5 Å². The Bertz CT molecular complexity index is 1280. The molecule has 2 heterocycles. The first-order valence-corrected chi connectivity index (χ1v) is 11.9. The van der Waals surface area contributed by atoms with E-state index >= 15 is 0 Å². The number of methoxy groups -OCH3 is 1. The lowest BCUT2D eigenvalue weighted by molar-refractivity contribution is -0.131. The molecule has 2 aliphatic heterocycles. The van der Waals surface area contributed by atoms with Gasteiger partial charge in [0.2, 0.25) is 12.7 Å². The van der Waals surface area contributed by atoms with Gasteiger partial charge in [0.25, 0.3) is 5.91 Å². The second-order valence-electron chi connectivity index (χ2n) is 8.50. The van der Waals surface area contributed by atoms with Crippen molar-refractivity contribution in [3.05, 3.63) is 83.9 Å². The average Bonchev–Trinajstić information content (AvgIpc) is 3.44. The number of fused-ring (bicyclic) bond motifs is 1. The third kappa shape index (κ3) is 4.96. The van der Waals surface area contributed by atoms with Gasteiger partial charge in [0.05, 0.1) is 20.1 Å². The zero-order chi connectivity index (χ0) is 25.1. The Morgan fingerprint density at radius 1 is 1.00 bits per heavy atom. The minimum absolute atomic E-state index is 0.0408. The zero-order valence-electron chi connectivity index (χ0n) is 19.7. The summed E-state index contributed by atoms with van der Waals surface area (Å²) in [7, 11) is 1.58. The third-order valence-corrected chi connectivity index (χ3v) is 6.58. The van der Waals surface area contributed by atoms with Crippen molar-refractivity contribution in [3.63, 3.8) is 0 Å². The van der Waals surface area contributed by atoms with Crippen LogP contribution in [0.15, 0.2) is 72.8 Å². The summed E-state index contributed by atoms with van der Waals surface area (Å²) in [5.74, 6) is 1.54. The van der Waals surface area contributed by atoms with Crippen molar-refractivity contribution < 1.29 is 23.8 Å². The largest absolute Gasteiger partial charge is 0.497 e. The van der Waals surface area contributed by atoms with E-state index in [-0.39, 0.29) is 25.0 Å². The molecule has 5 rings (SSSR count). The van der Waals surface area contributed by atoms with Crippen LogP contribution in [-0.2, 0) is 22.7 Å². The van der Waals surface area contributed by atoms with Crippen LogP contribution < -0.4 is 19.5 Å². The van der Waals surface area contributed by atoms with E-state index in [0.717, 1.165) is 11.1 Å². The molecule has 1 fully saturated rings. The molecule has 0 bridgehead atoms. The fraction of sp³-hybridized carbons (Fsp3) is 0.222. The number of rotatable bonds is 8. The molecule has 3 aromatic rings. The molecular weight excluding hydrogens is 478 g/mol. The molecule has 36 heavy (non-hydrogen) atoms. The van der Waals surface area contributed by atoms with Crippen LogP contribution in [-0.4, -0.2) is 46.7 Å². The van der Waals surface area contributed by atoms with Crippen molar-refractivity contribution in [1.82, 2.24) is 9.80 Å². The molecule has 0 aromatic heterocycles. The fourth-order valence-corrected chi connectivity index (χ4v) is 4.63. The Hall–Kier alpha value is -4.11.